The summed E-state index contributed by atoms with van der Waals surface area (Å²) in [6.45, 7) is 3.53. The van der Waals surface area contributed by atoms with Crippen molar-refractivity contribution in [3.05, 3.63) is 53.3 Å². The van der Waals surface area contributed by atoms with E-state index in [4.69, 9.17) is 5.73 Å². The Kier molecular flexibility index (Phi) is 5.06. The third kappa shape index (κ3) is 4.11. The number of nitrogens with two attached hydrogens (primary N) is 1. The molecular weight excluding hydrogens is 367 g/mol. The average molecular weight is 388 g/mol. The first-order chi connectivity index (χ1) is 13.0. The number of rotatable bonds is 4. The summed E-state index contributed by atoms with van der Waals surface area (Å²) in [6, 6.07) is 9.93. The van der Waals surface area contributed by atoms with E-state index in [1.54, 1.807) is 19.9 Å². The van der Waals surface area contributed by atoms with Gasteiger partial charge >= 0.3 is 6.18 Å². The summed E-state index contributed by atoms with van der Waals surface area (Å²) in [5.74, 6) is 1.10. The van der Waals surface area contributed by atoms with Gasteiger partial charge in [0.25, 0.3) is 0 Å². The number of aryl methyl sites for hydroxylation is 1. The van der Waals surface area contributed by atoms with Crippen molar-refractivity contribution in [2.45, 2.75) is 26.1 Å². The maximum absolute atomic E-state index is 13.1. The molecule has 3 N–H and O–H groups in total. The number of hydrogen-bond acceptors (Lipinski definition) is 5. The van der Waals surface area contributed by atoms with Crippen molar-refractivity contribution in [3.8, 4) is 0 Å². The van der Waals surface area contributed by atoms with Gasteiger partial charge in [0.15, 0.2) is 0 Å². The van der Waals surface area contributed by atoms with E-state index in [0.29, 0.717) is 22.7 Å². The van der Waals surface area contributed by atoms with E-state index >= 15 is 0 Å². The van der Waals surface area contributed by atoms with Crippen molar-refractivity contribution in [2.75, 3.05) is 30.0 Å². The molecule has 5 nitrogen and oxygen atoms in total. The SMILES string of the molecule is Cc1nc(N[C@H](C)c2cc(N)cc(C(F)(F)F)c2)c2cc(N(C)C)[c]cc2n1. The number of hydrogen-bond donors (Lipinski definition) is 2. The Labute approximate surface area is 161 Å². The second-order valence-electron chi connectivity index (χ2n) is 6.88. The molecular formula is C20H21F3N5. The highest BCUT2D eigenvalue weighted by Gasteiger charge is 2.31. The standard InChI is InChI=1S/C20H21F3N5/c1-11(13-7-14(20(21,22)23)9-15(24)8-13)25-19-17-10-16(28(3)4)5-6-18(17)26-12(2)27-19/h6-11H,24H2,1-4H3,(H,25,26,27)/t11-/m1/s1. The van der Waals surface area contributed by atoms with E-state index in [-0.39, 0.29) is 5.69 Å². The van der Waals surface area contributed by atoms with Gasteiger partial charge in [0.05, 0.1) is 17.1 Å². The monoisotopic (exact) mass is 388 g/mol. The predicted molar refractivity (Wildman–Crippen MR) is 105 cm³/mol. The van der Waals surface area contributed by atoms with E-state index in [9.17, 15) is 13.2 Å². The smallest absolute Gasteiger partial charge is 0.399 e. The van der Waals surface area contributed by atoms with E-state index in [1.807, 2.05) is 25.1 Å². The zero-order valence-electron chi connectivity index (χ0n) is 16.0. The van der Waals surface area contributed by atoms with Gasteiger partial charge in [-0.3, -0.25) is 0 Å². The van der Waals surface area contributed by atoms with E-state index in [0.717, 1.165) is 23.2 Å². The Balaban J connectivity index is 2.02. The summed E-state index contributed by atoms with van der Waals surface area (Å²) < 4.78 is 39.3. The summed E-state index contributed by atoms with van der Waals surface area (Å²) in [5.41, 5.74) is 6.95. The lowest BCUT2D eigenvalue weighted by Crippen LogP contribution is -2.13. The fourth-order valence-corrected chi connectivity index (χ4v) is 2.92. The van der Waals surface area contributed by atoms with Crippen molar-refractivity contribution in [3.63, 3.8) is 0 Å². The van der Waals surface area contributed by atoms with E-state index < -0.39 is 17.8 Å². The summed E-state index contributed by atoms with van der Waals surface area (Å²) in [7, 11) is 3.79. The Morgan fingerprint density at radius 3 is 2.50 bits per heavy atom. The van der Waals surface area contributed by atoms with Gasteiger partial charge < -0.3 is 16.0 Å². The van der Waals surface area contributed by atoms with Crippen LogP contribution in [0.2, 0.25) is 0 Å². The van der Waals surface area contributed by atoms with Gasteiger partial charge in [-0.2, -0.15) is 13.2 Å². The molecule has 0 aliphatic heterocycles. The number of benzene rings is 2. The van der Waals surface area contributed by atoms with Crippen molar-refractivity contribution in [1.29, 1.82) is 0 Å². The van der Waals surface area contributed by atoms with Crippen molar-refractivity contribution in [1.82, 2.24) is 9.97 Å². The quantitative estimate of drug-likeness (QED) is 0.641. The van der Waals surface area contributed by atoms with Gasteiger partial charge in [-0.15, -0.1) is 0 Å². The molecule has 3 aromatic rings. The molecule has 28 heavy (non-hydrogen) atoms. The van der Waals surface area contributed by atoms with Crippen LogP contribution in [-0.2, 0) is 6.18 Å². The molecule has 0 fully saturated rings. The number of alkyl halides is 3. The largest absolute Gasteiger partial charge is 0.416 e. The van der Waals surface area contributed by atoms with Crippen molar-refractivity contribution in [2.24, 2.45) is 0 Å². The lowest BCUT2D eigenvalue weighted by atomic mass is 10.0. The Bertz CT molecular complexity index is 1010. The second kappa shape index (κ2) is 7.18. The molecule has 1 heterocycles. The second-order valence-corrected chi connectivity index (χ2v) is 6.88. The normalized spacial score (nSPS) is 12.8. The summed E-state index contributed by atoms with van der Waals surface area (Å²) in [5, 5.41) is 3.97. The van der Waals surface area contributed by atoms with Crippen molar-refractivity contribution < 1.29 is 13.2 Å². The highest BCUT2D eigenvalue weighted by atomic mass is 19.4. The fourth-order valence-electron chi connectivity index (χ4n) is 2.92. The molecule has 0 amide bonds. The fraction of sp³-hybridized carbons (Fsp3) is 0.300. The third-order valence-corrected chi connectivity index (χ3v) is 4.36. The first-order valence-corrected chi connectivity index (χ1v) is 8.66. The van der Waals surface area contributed by atoms with Gasteiger partial charge in [-0.25, -0.2) is 9.97 Å². The molecule has 0 saturated heterocycles. The first kappa shape index (κ1) is 19.7. The molecule has 147 valence electrons. The molecule has 1 atom stereocenters. The van der Waals surface area contributed by atoms with Crippen LogP contribution in [0.3, 0.4) is 0 Å². The lowest BCUT2D eigenvalue weighted by Gasteiger charge is -2.20. The number of fused-ring (bicyclic) bond motifs is 1. The third-order valence-electron chi connectivity index (χ3n) is 4.36. The molecule has 8 heteroatoms. The van der Waals surface area contributed by atoms with Crippen LogP contribution in [0.4, 0.5) is 30.4 Å². The molecule has 1 radical (unpaired) electrons. The van der Waals surface area contributed by atoms with Gasteiger partial charge in [-0.1, -0.05) is 0 Å². The zero-order chi connectivity index (χ0) is 20.6. The predicted octanol–water partition coefficient (Wildman–Crippen LogP) is 4.58. The molecule has 0 saturated carbocycles. The Morgan fingerprint density at radius 2 is 1.86 bits per heavy atom. The number of aromatic nitrogens is 2. The van der Waals surface area contributed by atoms with E-state index in [1.165, 1.54) is 6.07 Å². The highest BCUT2D eigenvalue weighted by Crippen LogP contribution is 2.34. The molecule has 2 aromatic carbocycles. The molecule has 3 rings (SSSR count). The number of halogens is 3. The Morgan fingerprint density at radius 1 is 1.14 bits per heavy atom. The van der Waals surface area contributed by atoms with Crippen LogP contribution in [0.25, 0.3) is 10.9 Å². The van der Waals surface area contributed by atoms with Crippen LogP contribution in [0.1, 0.15) is 29.9 Å². The maximum Gasteiger partial charge on any atom is 0.416 e. The topological polar surface area (TPSA) is 67.1 Å². The first-order valence-electron chi connectivity index (χ1n) is 8.66. The summed E-state index contributed by atoms with van der Waals surface area (Å²) in [4.78, 5) is 10.8. The van der Waals surface area contributed by atoms with E-state index in [2.05, 4.69) is 21.4 Å². The highest BCUT2D eigenvalue weighted by molar-refractivity contribution is 5.91. The molecule has 0 bridgehead atoms. The molecule has 0 aliphatic carbocycles. The minimum atomic E-state index is -4.46. The van der Waals surface area contributed by atoms with Gasteiger partial charge in [0.1, 0.15) is 11.6 Å². The molecule has 0 aliphatic rings. The maximum atomic E-state index is 13.1. The van der Waals surface area contributed by atoms with Gasteiger partial charge in [0.2, 0.25) is 0 Å². The lowest BCUT2D eigenvalue weighted by molar-refractivity contribution is -0.137. The molecule has 0 spiro atoms. The van der Waals surface area contributed by atoms with Gasteiger partial charge in [-0.05, 0) is 49.7 Å². The van der Waals surface area contributed by atoms with Crippen LogP contribution in [0.15, 0.2) is 30.3 Å². The van der Waals surface area contributed by atoms with Crippen LogP contribution in [0, 0.1) is 13.0 Å². The number of nitrogen functional groups attached to an aromatic ring is 1. The number of anilines is 3. The molecule has 1 aromatic heterocycles. The number of nitrogens with zero attached hydrogens (tertiary/aromatic N) is 3. The Hall–Kier alpha value is -3.03. The zero-order valence-corrected chi connectivity index (χ0v) is 16.0. The van der Waals surface area contributed by atoms with Crippen LogP contribution in [0.5, 0.6) is 0 Å². The minimum absolute atomic E-state index is 0.0618. The van der Waals surface area contributed by atoms with Crippen LogP contribution < -0.4 is 16.0 Å². The number of nitrogens with one attached hydrogen (secondary N) is 1. The minimum Gasteiger partial charge on any atom is -0.399 e. The average Bonchev–Trinajstić information content (AvgIpc) is 2.59. The van der Waals surface area contributed by atoms with Crippen LogP contribution in [-0.4, -0.2) is 24.1 Å². The van der Waals surface area contributed by atoms with Gasteiger partial charge in [0, 0.05) is 36.9 Å². The van der Waals surface area contributed by atoms with Crippen molar-refractivity contribution >= 4 is 28.1 Å². The van der Waals surface area contributed by atoms with Crippen LogP contribution >= 0.6 is 0 Å². The summed E-state index contributed by atoms with van der Waals surface area (Å²) >= 11 is 0. The molecule has 0 unspecified atom stereocenters. The summed E-state index contributed by atoms with van der Waals surface area (Å²) in [6.07, 6.45) is -4.46.